The van der Waals surface area contributed by atoms with Gasteiger partial charge < -0.3 is 15.0 Å². The molecule has 0 spiro atoms. The second-order valence-electron chi connectivity index (χ2n) is 8.44. The van der Waals surface area contributed by atoms with Crippen molar-refractivity contribution in [3.63, 3.8) is 0 Å². The van der Waals surface area contributed by atoms with E-state index in [1.807, 2.05) is 18.2 Å². The van der Waals surface area contributed by atoms with Gasteiger partial charge in [0.05, 0.1) is 12.6 Å². The van der Waals surface area contributed by atoms with Crippen LogP contribution in [0.3, 0.4) is 0 Å². The van der Waals surface area contributed by atoms with E-state index in [9.17, 15) is 17.2 Å². The Bertz CT molecular complexity index is 1560. The Morgan fingerprint density at radius 3 is 2.43 bits per heavy atom. The summed E-state index contributed by atoms with van der Waals surface area (Å²) in [6, 6.07) is 10.1. The number of sulfonamides is 1. The van der Waals surface area contributed by atoms with Crippen molar-refractivity contribution in [1.29, 1.82) is 0 Å². The van der Waals surface area contributed by atoms with E-state index >= 15 is 0 Å². The topological polar surface area (TPSA) is 101 Å². The predicted molar refractivity (Wildman–Crippen MR) is 136 cm³/mol. The number of anilines is 2. The van der Waals surface area contributed by atoms with E-state index in [0.717, 1.165) is 71.0 Å². The molecule has 2 aromatic heterocycles. The predicted octanol–water partition coefficient (Wildman–Crippen LogP) is 3.21. The average molecular weight is 527 g/mol. The van der Waals surface area contributed by atoms with Gasteiger partial charge in [0.1, 0.15) is 29.5 Å². The van der Waals surface area contributed by atoms with E-state index in [2.05, 4.69) is 25.2 Å². The van der Waals surface area contributed by atoms with Gasteiger partial charge >= 0.3 is 0 Å². The van der Waals surface area contributed by atoms with Crippen LogP contribution in [0.1, 0.15) is 0 Å². The Kier molecular flexibility index (Phi) is 6.61. The number of nitrogens with one attached hydrogen (secondary N) is 1. The first-order chi connectivity index (χ1) is 17.8. The molecule has 9 nitrogen and oxygen atoms in total. The molecule has 0 saturated carbocycles. The summed E-state index contributed by atoms with van der Waals surface area (Å²) < 4.78 is 61.2. The summed E-state index contributed by atoms with van der Waals surface area (Å²) in [4.78, 5) is 14.3. The molecular formula is C25H24F2N6O3S. The van der Waals surface area contributed by atoms with Gasteiger partial charge in [0.2, 0.25) is 5.88 Å². The third-order valence-electron chi connectivity index (χ3n) is 6.27. The lowest BCUT2D eigenvalue weighted by Crippen LogP contribution is -2.44. The number of ether oxygens (including phenoxy) is 1. The van der Waals surface area contributed by atoms with Crippen molar-refractivity contribution in [3.05, 3.63) is 66.6 Å². The second-order valence-corrected chi connectivity index (χ2v) is 10.3. The lowest BCUT2D eigenvalue weighted by molar-refractivity contribution is 0.399. The summed E-state index contributed by atoms with van der Waals surface area (Å²) in [5.41, 5.74) is 2.10. The standard InChI is InChI=1S/C25H24F2N6O3S/c1-32(37(34,35)23-19(26)4-3-5-20(23)27)22-13-17(14-29-25(22)36-2)16-6-7-21-18(12-16)24(31-15-30-21)33-10-8-28-9-11-33/h3-7,12-15,28H,8-11H2,1-2H3. The van der Waals surface area contributed by atoms with E-state index in [4.69, 9.17) is 4.74 Å². The van der Waals surface area contributed by atoms with Crippen molar-refractivity contribution in [2.75, 3.05) is 49.5 Å². The molecule has 0 radical (unpaired) electrons. The Balaban J connectivity index is 1.60. The highest BCUT2D eigenvalue weighted by Crippen LogP contribution is 2.36. The summed E-state index contributed by atoms with van der Waals surface area (Å²) in [6.45, 7) is 3.31. The summed E-state index contributed by atoms with van der Waals surface area (Å²) in [6.07, 6.45) is 3.08. The maximum atomic E-state index is 14.4. The van der Waals surface area contributed by atoms with Gasteiger partial charge in [-0.3, -0.25) is 4.31 Å². The zero-order valence-electron chi connectivity index (χ0n) is 20.1. The summed E-state index contributed by atoms with van der Waals surface area (Å²) in [5.74, 6) is -1.59. The minimum Gasteiger partial charge on any atom is -0.479 e. The normalized spacial score (nSPS) is 14.1. The van der Waals surface area contributed by atoms with Crippen molar-refractivity contribution < 1.29 is 21.9 Å². The van der Waals surface area contributed by atoms with Gasteiger partial charge in [-0.05, 0) is 35.9 Å². The monoisotopic (exact) mass is 526 g/mol. The molecule has 12 heteroatoms. The molecular weight excluding hydrogens is 502 g/mol. The van der Waals surface area contributed by atoms with Gasteiger partial charge in [-0.1, -0.05) is 12.1 Å². The van der Waals surface area contributed by atoms with Crippen molar-refractivity contribution in [2.24, 2.45) is 0 Å². The van der Waals surface area contributed by atoms with Crippen LogP contribution in [-0.4, -0.2) is 63.7 Å². The number of halogens is 2. The van der Waals surface area contributed by atoms with Crippen molar-refractivity contribution in [3.8, 4) is 17.0 Å². The molecule has 2 aromatic carbocycles. The lowest BCUT2D eigenvalue weighted by atomic mass is 10.0. The van der Waals surface area contributed by atoms with Gasteiger partial charge in [-0.2, -0.15) is 0 Å². The molecule has 37 heavy (non-hydrogen) atoms. The molecule has 5 rings (SSSR count). The van der Waals surface area contributed by atoms with Crippen LogP contribution < -0.4 is 19.3 Å². The lowest BCUT2D eigenvalue weighted by Gasteiger charge is -2.29. The average Bonchev–Trinajstić information content (AvgIpc) is 2.92. The minimum absolute atomic E-state index is 0.0165. The highest BCUT2D eigenvalue weighted by Gasteiger charge is 2.31. The van der Waals surface area contributed by atoms with Gasteiger partial charge in [0.25, 0.3) is 10.0 Å². The van der Waals surface area contributed by atoms with Crippen LogP contribution in [0.5, 0.6) is 5.88 Å². The number of rotatable bonds is 6. The molecule has 4 aromatic rings. The minimum atomic E-state index is -4.61. The Morgan fingerprint density at radius 1 is 1.00 bits per heavy atom. The fourth-order valence-electron chi connectivity index (χ4n) is 4.33. The molecule has 0 aliphatic carbocycles. The first kappa shape index (κ1) is 24.8. The van der Waals surface area contributed by atoms with Gasteiger partial charge in [0, 0.05) is 50.4 Å². The zero-order valence-corrected chi connectivity index (χ0v) is 21.0. The van der Waals surface area contributed by atoms with Gasteiger partial charge in [-0.25, -0.2) is 32.2 Å². The SMILES string of the molecule is COc1ncc(-c2ccc3ncnc(N4CCNCC4)c3c2)cc1N(C)S(=O)(=O)c1c(F)cccc1F. The summed E-state index contributed by atoms with van der Waals surface area (Å²) in [7, 11) is -2.08. The first-order valence-corrected chi connectivity index (χ1v) is 12.9. The number of benzene rings is 2. The van der Waals surface area contributed by atoms with Crippen molar-refractivity contribution in [1.82, 2.24) is 20.3 Å². The maximum Gasteiger partial charge on any atom is 0.270 e. The number of hydrogen-bond acceptors (Lipinski definition) is 8. The zero-order chi connectivity index (χ0) is 26.2. The van der Waals surface area contributed by atoms with Crippen LogP contribution in [0.2, 0.25) is 0 Å². The largest absolute Gasteiger partial charge is 0.479 e. The fourth-order valence-corrected chi connectivity index (χ4v) is 5.62. The van der Waals surface area contributed by atoms with E-state index in [0.29, 0.717) is 5.56 Å². The third-order valence-corrected chi connectivity index (χ3v) is 8.09. The van der Waals surface area contributed by atoms with Gasteiger partial charge in [-0.15, -0.1) is 0 Å². The van der Waals surface area contributed by atoms with E-state index in [1.54, 1.807) is 12.3 Å². The van der Waals surface area contributed by atoms with Crippen LogP contribution >= 0.6 is 0 Å². The molecule has 192 valence electrons. The summed E-state index contributed by atoms with van der Waals surface area (Å²) in [5, 5.41) is 4.16. The quantitative estimate of drug-likeness (QED) is 0.409. The number of aromatic nitrogens is 3. The third kappa shape index (κ3) is 4.53. The molecule has 3 heterocycles. The number of pyridine rings is 1. The van der Waals surface area contributed by atoms with Crippen molar-refractivity contribution >= 4 is 32.4 Å². The van der Waals surface area contributed by atoms with E-state index in [-0.39, 0.29) is 11.6 Å². The molecule has 1 fully saturated rings. The van der Waals surface area contributed by atoms with Crippen LogP contribution in [0.4, 0.5) is 20.3 Å². The first-order valence-electron chi connectivity index (χ1n) is 11.5. The van der Waals surface area contributed by atoms with Crippen LogP contribution in [0.25, 0.3) is 22.0 Å². The number of nitrogens with zero attached hydrogens (tertiary/aromatic N) is 5. The number of methoxy groups -OCH3 is 1. The Hall–Kier alpha value is -3.90. The molecule has 0 atom stereocenters. The molecule has 0 bridgehead atoms. The Labute approximate surface area is 212 Å². The Morgan fingerprint density at radius 2 is 1.73 bits per heavy atom. The maximum absolute atomic E-state index is 14.4. The van der Waals surface area contributed by atoms with Crippen LogP contribution in [-0.2, 0) is 10.0 Å². The highest BCUT2D eigenvalue weighted by atomic mass is 32.2. The van der Waals surface area contributed by atoms with Crippen molar-refractivity contribution in [2.45, 2.75) is 4.90 Å². The molecule has 1 saturated heterocycles. The number of hydrogen-bond donors (Lipinski definition) is 1. The molecule has 0 unspecified atom stereocenters. The smallest absolute Gasteiger partial charge is 0.270 e. The second kappa shape index (κ2) is 9.87. The highest BCUT2D eigenvalue weighted by molar-refractivity contribution is 7.92. The molecule has 0 amide bonds. The van der Waals surface area contributed by atoms with Gasteiger partial charge in [0.15, 0.2) is 4.90 Å². The molecule has 1 aliphatic rings. The number of fused-ring (bicyclic) bond motifs is 1. The number of piperazine rings is 1. The van der Waals surface area contributed by atoms with Crippen LogP contribution in [0.15, 0.2) is 59.9 Å². The van der Waals surface area contributed by atoms with Crippen LogP contribution in [0, 0.1) is 11.6 Å². The molecule has 1 N–H and O–H groups in total. The van der Waals surface area contributed by atoms with E-state index < -0.39 is 26.6 Å². The van der Waals surface area contributed by atoms with E-state index in [1.165, 1.54) is 20.5 Å². The molecule has 1 aliphatic heterocycles. The fraction of sp³-hybridized carbons (Fsp3) is 0.240. The summed E-state index contributed by atoms with van der Waals surface area (Å²) >= 11 is 0.